The Kier molecular flexibility index (Phi) is 6.39. The number of rotatable bonds is 6. The molecule has 0 saturated heterocycles. The van der Waals surface area contributed by atoms with Crippen LogP contribution >= 0.6 is 11.3 Å². The maximum absolute atomic E-state index is 12.9. The summed E-state index contributed by atoms with van der Waals surface area (Å²) in [5.41, 5.74) is -0.167. The van der Waals surface area contributed by atoms with E-state index in [0.717, 1.165) is 22.3 Å². The van der Waals surface area contributed by atoms with Crippen LogP contribution in [0.2, 0.25) is 0 Å². The molecule has 0 atom stereocenters. The molecule has 0 aliphatic rings. The second-order valence-corrected chi connectivity index (χ2v) is 7.10. The Morgan fingerprint density at radius 3 is 2.69 bits per heavy atom. The zero-order chi connectivity index (χ0) is 21.0. The van der Waals surface area contributed by atoms with Crippen LogP contribution in [0.1, 0.15) is 22.8 Å². The number of amides is 1. The van der Waals surface area contributed by atoms with Crippen LogP contribution in [0.15, 0.2) is 47.5 Å². The molecule has 0 N–H and O–H groups in total. The molecule has 0 radical (unpaired) electrons. The van der Waals surface area contributed by atoms with Crippen LogP contribution in [-0.2, 0) is 17.5 Å². The number of carbonyl (C=O) groups excluding carboxylic acids is 1. The number of alkyl halides is 3. The van der Waals surface area contributed by atoms with Crippen LogP contribution in [0.5, 0.6) is 5.75 Å². The summed E-state index contributed by atoms with van der Waals surface area (Å²) in [7, 11) is 1.56. The van der Waals surface area contributed by atoms with Crippen molar-refractivity contribution in [2.24, 2.45) is 4.99 Å². The average Bonchev–Trinajstić information content (AvgIpc) is 3.02. The second-order valence-electron chi connectivity index (χ2n) is 6.09. The summed E-state index contributed by atoms with van der Waals surface area (Å²) < 4.78 is 52.1. The van der Waals surface area contributed by atoms with E-state index in [1.807, 2.05) is 29.7 Å². The molecule has 29 heavy (non-hydrogen) atoms. The maximum atomic E-state index is 12.9. The highest BCUT2D eigenvalue weighted by molar-refractivity contribution is 7.16. The van der Waals surface area contributed by atoms with Crippen molar-refractivity contribution in [3.05, 3.63) is 58.4 Å². The summed E-state index contributed by atoms with van der Waals surface area (Å²) in [6.07, 6.45) is -4.53. The number of thiazole rings is 1. The summed E-state index contributed by atoms with van der Waals surface area (Å²) in [6, 6.07) is 9.78. The molecular formula is C20H19F3N2O3S. The van der Waals surface area contributed by atoms with E-state index in [9.17, 15) is 18.0 Å². The first-order valence-electron chi connectivity index (χ1n) is 8.85. The van der Waals surface area contributed by atoms with E-state index in [4.69, 9.17) is 9.47 Å². The smallest absolute Gasteiger partial charge is 0.416 e. The Morgan fingerprint density at radius 2 is 2.00 bits per heavy atom. The minimum atomic E-state index is -4.53. The summed E-state index contributed by atoms with van der Waals surface area (Å²) in [5.74, 6) is -0.0465. The zero-order valence-electron chi connectivity index (χ0n) is 15.8. The van der Waals surface area contributed by atoms with Gasteiger partial charge in [0.2, 0.25) is 0 Å². The average molecular weight is 424 g/mol. The van der Waals surface area contributed by atoms with E-state index >= 15 is 0 Å². The van der Waals surface area contributed by atoms with Crippen molar-refractivity contribution >= 4 is 27.5 Å². The Hall–Kier alpha value is -2.65. The molecule has 0 aliphatic carbocycles. The van der Waals surface area contributed by atoms with Gasteiger partial charge in [-0.05, 0) is 43.3 Å². The van der Waals surface area contributed by atoms with Crippen molar-refractivity contribution in [1.29, 1.82) is 0 Å². The highest BCUT2D eigenvalue weighted by Gasteiger charge is 2.30. The van der Waals surface area contributed by atoms with Gasteiger partial charge in [-0.25, -0.2) is 0 Å². The fourth-order valence-electron chi connectivity index (χ4n) is 2.77. The van der Waals surface area contributed by atoms with Crippen molar-refractivity contribution in [2.75, 3.05) is 20.3 Å². The van der Waals surface area contributed by atoms with Gasteiger partial charge in [0.25, 0.3) is 5.91 Å². The fraction of sp³-hybridized carbons (Fsp3) is 0.300. The molecule has 5 nitrogen and oxygen atoms in total. The lowest BCUT2D eigenvalue weighted by Crippen LogP contribution is -2.19. The zero-order valence-corrected chi connectivity index (χ0v) is 16.6. The minimum absolute atomic E-state index is 0.120. The van der Waals surface area contributed by atoms with Crippen molar-refractivity contribution < 1.29 is 27.4 Å². The van der Waals surface area contributed by atoms with E-state index < -0.39 is 17.6 Å². The predicted octanol–water partition coefficient (Wildman–Crippen LogP) is 4.51. The minimum Gasteiger partial charge on any atom is -0.494 e. The molecule has 0 saturated carbocycles. The van der Waals surface area contributed by atoms with Crippen LogP contribution < -0.4 is 9.54 Å². The molecule has 9 heteroatoms. The topological polar surface area (TPSA) is 52.8 Å². The van der Waals surface area contributed by atoms with Gasteiger partial charge in [0.15, 0.2) is 4.80 Å². The van der Waals surface area contributed by atoms with Gasteiger partial charge in [-0.15, -0.1) is 0 Å². The quantitative estimate of drug-likeness (QED) is 0.585. The van der Waals surface area contributed by atoms with Crippen molar-refractivity contribution in [3.8, 4) is 5.75 Å². The maximum Gasteiger partial charge on any atom is 0.416 e. The van der Waals surface area contributed by atoms with Crippen LogP contribution in [-0.4, -0.2) is 30.8 Å². The van der Waals surface area contributed by atoms with Gasteiger partial charge in [0.05, 0.1) is 29.0 Å². The van der Waals surface area contributed by atoms with E-state index in [1.165, 1.54) is 23.5 Å². The number of carbonyl (C=O) groups is 1. The third-order valence-electron chi connectivity index (χ3n) is 4.12. The van der Waals surface area contributed by atoms with Gasteiger partial charge < -0.3 is 14.0 Å². The van der Waals surface area contributed by atoms with Gasteiger partial charge in [-0.1, -0.05) is 17.4 Å². The predicted molar refractivity (Wildman–Crippen MR) is 104 cm³/mol. The highest BCUT2D eigenvalue weighted by Crippen LogP contribution is 2.29. The van der Waals surface area contributed by atoms with E-state index in [1.54, 1.807) is 7.11 Å². The van der Waals surface area contributed by atoms with Crippen LogP contribution in [0, 0.1) is 0 Å². The highest BCUT2D eigenvalue weighted by atomic mass is 32.1. The Morgan fingerprint density at radius 1 is 1.21 bits per heavy atom. The lowest BCUT2D eigenvalue weighted by molar-refractivity contribution is -0.137. The SMILES string of the molecule is CCOc1ccc2c(c1)sc(=NC(=O)c1cccc(C(F)(F)F)c1)n2CCOC. The van der Waals surface area contributed by atoms with Gasteiger partial charge in [-0.2, -0.15) is 18.2 Å². The molecule has 1 heterocycles. The van der Waals surface area contributed by atoms with E-state index in [-0.39, 0.29) is 5.56 Å². The molecule has 154 valence electrons. The van der Waals surface area contributed by atoms with Crippen LogP contribution in [0.25, 0.3) is 10.2 Å². The third kappa shape index (κ3) is 4.86. The number of hydrogen-bond acceptors (Lipinski definition) is 4. The molecule has 3 aromatic rings. The first-order chi connectivity index (χ1) is 13.8. The summed E-state index contributed by atoms with van der Waals surface area (Å²) in [5, 5.41) is 0. The molecule has 0 unspecified atom stereocenters. The first kappa shape index (κ1) is 21.1. The molecule has 2 aromatic carbocycles. The number of fused-ring (bicyclic) bond motifs is 1. The Bertz CT molecular complexity index is 1090. The lowest BCUT2D eigenvalue weighted by atomic mass is 10.1. The van der Waals surface area contributed by atoms with Gasteiger partial charge >= 0.3 is 6.18 Å². The summed E-state index contributed by atoms with van der Waals surface area (Å²) >= 11 is 1.26. The van der Waals surface area contributed by atoms with Crippen molar-refractivity contribution in [1.82, 2.24) is 4.57 Å². The van der Waals surface area contributed by atoms with E-state index in [2.05, 4.69) is 4.99 Å². The number of ether oxygens (including phenoxy) is 2. The third-order valence-corrected chi connectivity index (χ3v) is 5.16. The van der Waals surface area contributed by atoms with Crippen molar-refractivity contribution in [3.63, 3.8) is 0 Å². The molecule has 3 rings (SSSR count). The Labute approximate surface area is 169 Å². The molecule has 1 aromatic heterocycles. The van der Waals surface area contributed by atoms with Crippen LogP contribution in [0.4, 0.5) is 13.2 Å². The summed E-state index contributed by atoms with van der Waals surface area (Å²) in [4.78, 5) is 17.0. The number of halogens is 3. The number of methoxy groups -OCH3 is 1. The molecule has 0 spiro atoms. The molecule has 0 aliphatic heterocycles. The molecule has 0 bridgehead atoms. The normalized spacial score (nSPS) is 12.5. The fourth-order valence-corrected chi connectivity index (χ4v) is 3.86. The van der Waals surface area contributed by atoms with Crippen molar-refractivity contribution in [2.45, 2.75) is 19.6 Å². The Balaban J connectivity index is 2.07. The van der Waals surface area contributed by atoms with Gasteiger partial charge in [0, 0.05) is 19.2 Å². The first-order valence-corrected chi connectivity index (χ1v) is 9.66. The number of nitrogens with zero attached hydrogens (tertiary/aromatic N) is 2. The standard InChI is InChI=1S/C20H19F3N2O3S/c1-3-28-15-7-8-16-17(12-15)29-19(25(16)9-10-27-2)24-18(26)13-5-4-6-14(11-13)20(21,22)23/h4-8,11-12H,3,9-10H2,1-2H3. The number of aromatic nitrogens is 1. The largest absolute Gasteiger partial charge is 0.494 e. The second kappa shape index (κ2) is 8.79. The number of hydrogen-bond donors (Lipinski definition) is 0. The van der Waals surface area contributed by atoms with Gasteiger partial charge in [-0.3, -0.25) is 4.79 Å². The molecule has 0 fully saturated rings. The van der Waals surface area contributed by atoms with E-state index in [0.29, 0.717) is 30.3 Å². The monoisotopic (exact) mass is 424 g/mol. The summed E-state index contributed by atoms with van der Waals surface area (Å²) in [6.45, 7) is 3.24. The van der Waals surface area contributed by atoms with Gasteiger partial charge in [0.1, 0.15) is 5.75 Å². The number of benzene rings is 2. The molecule has 1 amide bonds. The lowest BCUT2D eigenvalue weighted by Gasteiger charge is -2.07. The van der Waals surface area contributed by atoms with Crippen LogP contribution in [0.3, 0.4) is 0 Å². The molecular weight excluding hydrogens is 405 g/mol.